The van der Waals surface area contributed by atoms with Crippen LogP contribution in [0.3, 0.4) is 0 Å². The van der Waals surface area contributed by atoms with E-state index in [-0.39, 0.29) is 28.6 Å². The van der Waals surface area contributed by atoms with E-state index in [9.17, 15) is 24.9 Å². The quantitative estimate of drug-likeness (QED) is 0.153. The van der Waals surface area contributed by atoms with Crippen LogP contribution in [0, 0.1) is 34.5 Å². The van der Waals surface area contributed by atoms with Crippen LogP contribution >= 0.6 is 0 Å². The molecule has 1 spiro atoms. The standard InChI is InChI=1S/C30H42O6/c1-6-7-8-9-10-11-12-13-23(32)36-27-18(2)16-29-19(3)14-22-24(28(22,4)5)21(26(29)34)15-20(17-31)25(33)30(27,29)35/h10-13,15-16,19,21-22,24-25,27,31,33,35H,6-9,14,17H2,1-5H3/b11-10-,13-12+/t19-,21+,22-,24+,25-,27+,29?,30+/m1/s1. The van der Waals surface area contributed by atoms with Crippen molar-refractivity contribution < 1.29 is 29.6 Å². The number of ketones is 1. The highest BCUT2D eigenvalue weighted by Crippen LogP contribution is 2.71. The zero-order valence-corrected chi connectivity index (χ0v) is 22.2. The van der Waals surface area contributed by atoms with Gasteiger partial charge in [-0.25, -0.2) is 4.79 Å². The Morgan fingerprint density at radius 1 is 1.25 bits per heavy atom. The second kappa shape index (κ2) is 9.70. The highest BCUT2D eigenvalue weighted by Gasteiger charge is 2.76. The minimum absolute atomic E-state index is 0.0290. The predicted molar refractivity (Wildman–Crippen MR) is 138 cm³/mol. The number of rotatable bonds is 8. The zero-order chi connectivity index (χ0) is 26.5. The summed E-state index contributed by atoms with van der Waals surface area (Å²) in [4.78, 5) is 27.1. The van der Waals surface area contributed by atoms with Gasteiger partial charge in [0.05, 0.1) is 12.0 Å². The van der Waals surface area contributed by atoms with Crippen LogP contribution in [0.1, 0.15) is 66.7 Å². The topological polar surface area (TPSA) is 104 Å². The lowest BCUT2D eigenvalue weighted by Crippen LogP contribution is -2.65. The number of allylic oxidation sites excluding steroid dienone is 4. The molecule has 4 rings (SSSR count). The number of carbonyl (C=O) groups excluding carboxylic acids is 2. The number of hydrogen-bond donors (Lipinski definition) is 3. The molecule has 6 nitrogen and oxygen atoms in total. The fourth-order valence-electron chi connectivity index (χ4n) is 7.57. The zero-order valence-electron chi connectivity index (χ0n) is 22.2. The maximum Gasteiger partial charge on any atom is 0.331 e. The van der Waals surface area contributed by atoms with Crippen LogP contribution in [0.4, 0.5) is 0 Å². The third-order valence-corrected chi connectivity index (χ3v) is 9.58. The fraction of sp³-hybridized carbons (Fsp3) is 0.667. The Bertz CT molecular complexity index is 1020. The van der Waals surface area contributed by atoms with Gasteiger partial charge in [-0.3, -0.25) is 4.79 Å². The van der Waals surface area contributed by atoms with E-state index < -0.39 is 41.7 Å². The maximum absolute atomic E-state index is 14.3. The second-order valence-electron chi connectivity index (χ2n) is 12.0. The van der Waals surface area contributed by atoms with Gasteiger partial charge in [-0.2, -0.15) is 0 Å². The largest absolute Gasteiger partial charge is 0.451 e. The van der Waals surface area contributed by atoms with Crippen LogP contribution in [0.15, 0.2) is 47.6 Å². The number of ether oxygens (including phenoxy) is 1. The van der Waals surface area contributed by atoms with Gasteiger partial charge in [0.1, 0.15) is 6.10 Å². The van der Waals surface area contributed by atoms with E-state index in [0.717, 1.165) is 32.1 Å². The summed E-state index contributed by atoms with van der Waals surface area (Å²) in [6, 6.07) is 0. The van der Waals surface area contributed by atoms with Crippen LogP contribution in [-0.2, 0) is 14.3 Å². The van der Waals surface area contributed by atoms with Crippen molar-refractivity contribution in [3.8, 4) is 0 Å². The van der Waals surface area contributed by atoms with Crippen LogP contribution in [0.2, 0.25) is 0 Å². The van der Waals surface area contributed by atoms with Gasteiger partial charge in [0.2, 0.25) is 0 Å². The van der Waals surface area contributed by atoms with Crippen molar-refractivity contribution in [2.24, 2.45) is 34.5 Å². The number of esters is 1. The van der Waals surface area contributed by atoms with Crippen molar-refractivity contribution >= 4 is 11.8 Å². The maximum atomic E-state index is 14.3. The Hall–Kier alpha value is -2.02. The van der Waals surface area contributed by atoms with E-state index in [0.29, 0.717) is 11.5 Å². The molecule has 36 heavy (non-hydrogen) atoms. The number of unbranched alkanes of at least 4 members (excludes halogenated alkanes) is 3. The van der Waals surface area contributed by atoms with Crippen molar-refractivity contribution in [3.05, 3.63) is 47.6 Å². The first kappa shape index (κ1) is 27.0. The van der Waals surface area contributed by atoms with E-state index in [1.165, 1.54) is 6.08 Å². The van der Waals surface area contributed by atoms with Gasteiger partial charge in [0.25, 0.3) is 0 Å². The number of aliphatic hydroxyl groups is 3. The Morgan fingerprint density at radius 2 is 1.97 bits per heavy atom. The molecule has 0 aromatic rings. The molecule has 2 fully saturated rings. The van der Waals surface area contributed by atoms with Gasteiger partial charge in [0, 0.05) is 12.0 Å². The Kier molecular flexibility index (Phi) is 7.28. The molecule has 0 amide bonds. The molecule has 6 heteroatoms. The SMILES string of the molecule is CCCCC/C=C\C=C\C(=O)O[C@H]1C(C)=CC23C(=O)[C@@H](C=C(CO)[C@@H](O)[C@]12O)[C@H]1[C@@H](C[C@H]3C)C1(C)C. The number of fused-ring (bicyclic) bond motifs is 3. The van der Waals surface area contributed by atoms with Gasteiger partial charge in [-0.15, -0.1) is 0 Å². The summed E-state index contributed by atoms with van der Waals surface area (Å²) >= 11 is 0. The first-order valence-electron chi connectivity index (χ1n) is 13.5. The Morgan fingerprint density at radius 3 is 2.64 bits per heavy atom. The van der Waals surface area contributed by atoms with Crippen molar-refractivity contribution in [3.63, 3.8) is 0 Å². The molecule has 1 unspecified atom stereocenters. The van der Waals surface area contributed by atoms with E-state index in [1.54, 1.807) is 31.2 Å². The molecule has 0 aromatic carbocycles. The first-order chi connectivity index (χ1) is 17.0. The Labute approximate surface area is 214 Å². The molecule has 3 N–H and O–H groups in total. The molecule has 0 radical (unpaired) electrons. The first-order valence-corrected chi connectivity index (χ1v) is 13.5. The third-order valence-electron chi connectivity index (χ3n) is 9.58. The molecule has 2 bridgehead atoms. The van der Waals surface area contributed by atoms with Gasteiger partial charge in [-0.05, 0) is 60.5 Å². The summed E-state index contributed by atoms with van der Waals surface area (Å²) in [6.07, 6.45) is 12.4. The molecule has 4 aliphatic rings. The summed E-state index contributed by atoms with van der Waals surface area (Å²) in [5.74, 6) is -1.21. The minimum Gasteiger partial charge on any atom is -0.451 e. The monoisotopic (exact) mass is 498 g/mol. The van der Waals surface area contributed by atoms with Crippen LogP contribution in [0.25, 0.3) is 0 Å². The average Bonchev–Trinajstić information content (AvgIpc) is 3.32. The summed E-state index contributed by atoms with van der Waals surface area (Å²) in [5, 5.41) is 34.0. The van der Waals surface area contributed by atoms with Crippen LogP contribution in [-0.4, -0.2) is 51.5 Å². The molecule has 198 valence electrons. The summed E-state index contributed by atoms with van der Waals surface area (Å²) in [5.41, 5.74) is -2.79. The molecule has 0 aromatic heterocycles. The number of hydrogen-bond acceptors (Lipinski definition) is 6. The molecule has 0 heterocycles. The normalized spacial score (nSPS) is 40.8. The minimum atomic E-state index is -2.10. The van der Waals surface area contributed by atoms with Crippen LogP contribution < -0.4 is 0 Å². The fourth-order valence-corrected chi connectivity index (χ4v) is 7.57. The lowest BCUT2D eigenvalue weighted by molar-refractivity contribution is -0.201. The number of Topliss-reactive ketones (excluding diaryl/α,β-unsaturated/α-hetero) is 1. The van der Waals surface area contributed by atoms with Gasteiger partial charge < -0.3 is 20.1 Å². The molecular weight excluding hydrogens is 456 g/mol. The average molecular weight is 499 g/mol. The highest BCUT2D eigenvalue weighted by molar-refractivity contribution is 5.95. The van der Waals surface area contributed by atoms with Crippen molar-refractivity contribution in [2.45, 2.75) is 84.5 Å². The molecule has 0 saturated heterocycles. The molecular formula is C30H42O6. The molecule has 2 saturated carbocycles. The molecule has 0 aliphatic heterocycles. The van der Waals surface area contributed by atoms with Crippen molar-refractivity contribution in [1.29, 1.82) is 0 Å². The lowest BCUT2D eigenvalue weighted by atomic mass is 9.59. The lowest BCUT2D eigenvalue weighted by Gasteiger charge is -2.48. The van der Waals surface area contributed by atoms with Gasteiger partial charge >= 0.3 is 5.97 Å². The summed E-state index contributed by atoms with van der Waals surface area (Å²) < 4.78 is 5.76. The third kappa shape index (κ3) is 3.88. The smallest absolute Gasteiger partial charge is 0.331 e. The van der Waals surface area contributed by atoms with Gasteiger partial charge in [0.15, 0.2) is 17.5 Å². The molecule has 8 atom stereocenters. The van der Waals surface area contributed by atoms with E-state index >= 15 is 0 Å². The number of aliphatic hydroxyl groups excluding tert-OH is 2. The number of carbonyl (C=O) groups is 2. The predicted octanol–water partition coefficient (Wildman–Crippen LogP) is 4.06. The molecule has 4 aliphatic carbocycles. The summed E-state index contributed by atoms with van der Waals surface area (Å²) in [7, 11) is 0. The Balaban J connectivity index is 1.66. The van der Waals surface area contributed by atoms with Crippen LogP contribution in [0.5, 0.6) is 0 Å². The van der Waals surface area contributed by atoms with E-state index in [1.807, 2.05) is 13.0 Å². The summed E-state index contributed by atoms with van der Waals surface area (Å²) in [6.45, 7) is 9.66. The van der Waals surface area contributed by atoms with E-state index in [2.05, 4.69) is 20.8 Å². The van der Waals surface area contributed by atoms with Gasteiger partial charge in [-0.1, -0.05) is 70.9 Å². The highest BCUT2D eigenvalue weighted by atomic mass is 16.6. The van der Waals surface area contributed by atoms with E-state index in [4.69, 9.17) is 4.74 Å². The van der Waals surface area contributed by atoms with Crippen molar-refractivity contribution in [1.82, 2.24) is 0 Å². The second-order valence-corrected chi connectivity index (χ2v) is 12.0. The van der Waals surface area contributed by atoms with Crippen molar-refractivity contribution in [2.75, 3.05) is 6.61 Å².